The van der Waals surface area contributed by atoms with Crippen LogP contribution in [0.3, 0.4) is 0 Å². The van der Waals surface area contributed by atoms with Crippen molar-refractivity contribution in [3.05, 3.63) is 29.2 Å². The van der Waals surface area contributed by atoms with Gasteiger partial charge in [0, 0.05) is 24.8 Å². The first-order valence-corrected chi connectivity index (χ1v) is 7.58. The van der Waals surface area contributed by atoms with Gasteiger partial charge in [0.15, 0.2) is 10.6 Å². The van der Waals surface area contributed by atoms with Crippen molar-refractivity contribution in [2.75, 3.05) is 5.32 Å². The number of imidazole rings is 1. The Morgan fingerprint density at radius 2 is 2.36 bits per heavy atom. The summed E-state index contributed by atoms with van der Waals surface area (Å²) in [6.45, 7) is 1.89. The van der Waals surface area contributed by atoms with Crippen molar-refractivity contribution in [1.82, 2.24) is 29.4 Å². The van der Waals surface area contributed by atoms with Crippen LogP contribution in [-0.2, 0) is 18.3 Å². The molecule has 0 aliphatic heterocycles. The van der Waals surface area contributed by atoms with Crippen molar-refractivity contribution in [1.29, 1.82) is 0 Å². The molecule has 9 heteroatoms. The molecule has 2 N–H and O–H groups in total. The Morgan fingerprint density at radius 3 is 3.18 bits per heavy atom. The lowest BCUT2D eigenvalue weighted by Gasteiger charge is -2.00. The number of nitrogens with zero attached hydrogens (tertiary/aromatic N) is 5. The van der Waals surface area contributed by atoms with Crippen LogP contribution in [0.1, 0.15) is 11.4 Å². The van der Waals surface area contributed by atoms with E-state index in [0.29, 0.717) is 5.82 Å². The Hall–Kier alpha value is -2.68. The Bertz CT molecular complexity index is 960. The summed E-state index contributed by atoms with van der Waals surface area (Å²) in [4.78, 5) is 17.5. The third-order valence-corrected chi connectivity index (χ3v) is 4.24. The Balaban J connectivity index is 1.56. The number of carbonyl (C=O) groups is 1. The van der Waals surface area contributed by atoms with Gasteiger partial charge in [-0.3, -0.25) is 14.3 Å². The Morgan fingerprint density at radius 1 is 1.50 bits per heavy atom. The largest absolute Gasteiger partial charge is 0.310 e. The van der Waals surface area contributed by atoms with E-state index < -0.39 is 0 Å². The van der Waals surface area contributed by atoms with Crippen LogP contribution in [0.15, 0.2) is 17.8 Å². The van der Waals surface area contributed by atoms with Crippen LogP contribution in [0, 0.1) is 6.92 Å². The first-order chi connectivity index (χ1) is 10.6. The molecule has 0 unspecified atom stereocenters. The molecule has 4 heterocycles. The summed E-state index contributed by atoms with van der Waals surface area (Å²) in [5.74, 6) is 0.436. The van der Waals surface area contributed by atoms with Gasteiger partial charge in [0.05, 0.1) is 23.2 Å². The van der Waals surface area contributed by atoms with E-state index in [1.54, 1.807) is 16.0 Å². The molecule has 0 radical (unpaired) electrons. The van der Waals surface area contributed by atoms with Gasteiger partial charge in [-0.05, 0) is 6.92 Å². The summed E-state index contributed by atoms with van der Waals surface area (Å²) in [6.07, 6.45) is 4.00. The van der Waals surface area contributed by atoms with Gasteiger partial charge in [-0.2, -0.15) is 10.2 Å². The van der Waals surface area contributed by atoms with Crippen LogP contribution in [0.25, 0.3) is 16.0 Å². The standard InChI is InChI=1S/C13H13N7OS/c1-7-10-11(16-17-12(10)19(2)18-7)15-9(21)5-8-6-20-3-4-22-13(20)14-8/h3-4,6H,5H2,1-2H3,(H2,15,16,17,21). The summed E-state index contributed by atoms with van der Waals surface area (Å²) < 4.78 is 3.59. The normalized spacial score (nSPS) is 11.5. The van der Waals surface area contributed by atoms with Crippen molar-refractivity contribution >= 4 is 39.1 Å². The van der Waals surface area contributed by atoms with E-state index in [9.17, 15) is 4.79 Å². The van der Waals surface area contributed by atoms with Crippen LogP contribution in [0.2, 0.25) is 0 Å². The van der Waals surface area contributed by atoms with Crippen LogP contribution in [-0.4, -0.2) is 35.3 Å². The van der Waals surface area contributed by atoms with E-state index in [4.69, 9.17) is 0 Å². The lowest BCUT2D eigenvalue weighted by atomic mass is 10.3. The second-order valence-electron chi connectivity index (χ2n) is 5.06. The first kappa shape index (κ1) is 13.0. The number of thiazole rings is 1. The molecule has 4 aromatic heterocycles. The van der Waals surface area contributed by atoms with Gasteiger partial charge in [-0.15, -0.1) is 11.3 Å². The number of aromatic nitrogens is 6. The molecule has 1 amide bonds. The first-order valence-electron chi connectivity index (χ1n) is 6.70. The number of rotatable bonds is 3. The summed E-state index contributed by atoms with van der Waals surface area (Å²) in [5.41, 5.74) is 2.28. The lowest BCUT2D eigenvalue weighted by Crippen LogP contribution is -2.15. The van der Waals surface area contributed by atoms with Gasteiger partial charge >= 0.3 is 0 Å². The number of hydrogen-bond donors (Lipinski definition) is 2. The third-order valence-electron chi connectivity index (χ3n) is 3.46. The second kappa shape index (κ2) is 4.67. The van der Waals surface area contributed by atoms with Crippen LogP contribution in [0.5, 0.6) is 0 Å². The van der Waals surface area contributed by atoms with E-state index in [0.717, 1.165) is 27.4 Å². The molecule has 0 bridgehead atoms. The summed E-state index contributed by atoms with van der Waals surface area (Å²) in [5, 5.41) is 16.9. The van der Waals surface area contributed by atoms with Crippen molar-refractivity contribution in [2.45, 2.75) is 13.3 Å². The molecule has 0 aliphatic rings. The number of carbonyl (C=O) groups excluding carboxylic acids is 1. The molecule has 4 aromatic rings. The zero-order valence-electron chi connectivity index (χ0n) is 12.0. The van der Waals surface area contributed by atoms with Gasteiger partial charge in [0.25, 0.3) is 0 Å². The zero-order chi connectivity index (χ0) is 15.3. The molecule has 0 aliphatic carbocycles. The summed E-state index contributed by atoms with van der Waals surface area (Å²) in [7, 11) is 1.82. The monoisotopic (exact) mass is 315 g/mol. The highest BCUT2D eigenvalue weighted by Gasteiger charge is 2.16. The van der Waals surface area contributed by atoms with Gasteiger partial charge in [0.2, 0.25) is 5.91 Å². The van der Waals surface area contributed by atoms with Crippen LogP contribution in [0.4, 0.5) is 5.82 Å². The van der Waals surface area contributed by atoms with Crippen molar-refractivity contribution < 1.29 is 4.79 Å². The molecule has 0 atom stereocenters. The summed E-state index contributed by atoms with van der Waals surface area (Å²) >= 11 is 1.54. The highest BCUT2D eigenvalue weighted by molar-refractivity contribution is 7.15. The lowest BCUT2D eigenvalue weighted by molar-refractivity contribution is -0.115. The molecule has 0 aromatic carbocycles. The van der Waals surface area contributed by atoms with Gasteiger partial charge in [0.1, 0.15) is 5.82 Å². The Labute approximate surface area is 128 Å². The minimum Gasteiger partial charge on any atom is -0.310 e. The molecular formula is C13H13N7OS. The van der Waals surface area contributed by atoms with E-state index in [1.807, 2.05) is 36.1 Å². The molecule has 0 saturated carbocycles. The number of nitrogens with one attached hydrogen (secondary N) is 2. The molecule has 0 saturated heterocycles. The number of H-pyrrole nitrogens is 1. The fraction of sp³-hybridized carbons (Fsp3) is 0.231. The average molecular weight is 315 g/mol. The number of anilines is 1. The van der Waals surface area contributed by atoms with E-state index >= 15 is 0 Å². The van der Waals surface area contributed by atoms with Gasteiger partial charge in [-0.25, -0.2) is 9.67 Å². The smallest absolute Gasteiger partial charge is 0.231 e. The number of hydrogen-bond acceptors (Lipinski definition) is 5. The molecule has 0 fully saturated rings. The number of amides is 1. The Kier molecular flexibility index (Phi) is 2.76. The van der Waals surface area contributed by atoms with Crippen molar-refractivity contribution in [3.63, 3.8) is 0 Å². The van der Waals surface area contributed by atoms with E-state index in [2.05, 4.69) is 25.6 Å². The van der Waals surface area contributed by atoms with Crippen molar-refractivity contribution in [3.8, 4) is 0 Å². The van der Waals surface area contributed by atoms with Gasteiger partial charge < -0.3 is 5.32 Å². The number of aryl methyl sites for hydroxylation is 2. The summed E-state index contributed by atoms with van der Waals surface area (Å²) in [6, 6.07) is 0. The topological polar surface area (TPSA) is 92.9 Å². The maximum Gasteiger partial charge on any atom is 0.231 e. The molecular weight excluding hydrogens is 302 g/mol. The third kappa shape index (κ3) is 1.98. The number of aromatic amines is 1. The van der Waals surface area contributed by atoms with Crippen molar-refractivity contribution in [2.24, 2.45) is 7.05 Å². The van der Waals surface area contributed by atoms with E-state index in [-0.39, 0.29) is 12.3 Å². The minimum absolute atomic E-state index is 0.139. The predicted octanol–water partition coefficient (Wildman–Crippen LogP) is 1.50. The minimum atomic E-state index is -0.139. The fourth-order valence-electron chi connectivity index (χ4n) is 2.53. The molecule has 112 valence electrons. The maximum absolute atomic E-state index is 12.2. The molecule has 0 spiro atoms. The molecule has 4 rings (SSSR count). The van der Waals surface area contributed by atoms with Gasteiger partial charge in [-0.1, -0.05) is 0 Å². The average Bonchev–Trinajstić information content (AvgIpc) is 3.15. The SMILES string of the molecule is Cc1nn(C)c2n[nH]c(NC(=O)Cc3cn4ccsc4n3)c12. The maximum atomic E-state index is 12.2. The highest BCUT2D eigenvalue weighted by Crippen LogP contribution is 2.23. The molecule has 8 nitrogen and oxygen atoms in total. The fourth-order valence-corrected chi connectivity index (χ4v) is 3.25. The van der Waals surface area contributed by atoms with Crippen LogP contribution < -0.4 is 5.32 Å². The highest BCUT2D eigenvalue weighted by atomic mass is 32.1. The van der Waals surface area contributed by atoms with Crippen LogP contribution >= 0.6 is 11.3 Å². The zero-order valence-corrected chi connectivity index (χ0v) is 12.8. The second-order valence-corrected chi connectivity index (χ2v) is 5.93. The van der Waals surface area contributed by atoms with E-state index in [1.165, 1.54) is 0 Å². The number of fused-ring (bicyclic) bond motifs is 2. The predicted molar refractivity (Wildman–Crippen MR) is 83.0 cm³/mol. The molecule has 22 heavy (non-hydrogen) atoms. The quantitative estimate of drug-likeness (QED) is 0.599.